The SMILES string of the molecule is CC1=CN2CC=C(N3CCOCC3)N=C2C(C(C)Nc2ccccn2)=C1. The second kappa shape index (κ2) is 7.33. The minimum Gasteiger partial charge on any atom is -0.378 e. The lowest BCUT2D eigenvalue weighted by Gasteiger charge is -2.36. The average molecular weight is 351 g/mol. The van der Waals surface area contributed by atoms with E-state index in [1.807, 2.05) is 18.2 Å². The summed E-state index contributed by atoms with van der Waals surface area (Å²) in [4.78, 5) is 13.9. The Morgan fingerprint density at radius 2 is 2.08 bits per heavy atom. The molecule has 1 aromatic rings. The number of pyridine rings is 1. The standard InChI is InChI=1S/C20H25N5O/c1-15-13-17(16(2)22-18-5-3-4-7-21-18)20-23-19(6-8-25(20)14-15)24-9-11-26-12-10-24/h3-7,13-14,16H,8-12H2,1-2H3,(H,21,22). The van der Waals surface area contributed by atoms with E-state index in [-0.39, 0.29) is 6.04 Å². The molecule has 1 atom stereocenters. The first-order valence-corrected chi connectivity index (χ1v) is 9.17. The molecule has 1 aromatic heterocycles. The fourth-order valence-electron chi connectivity index (χ4n) is 3.48. The Balaban J connectivity index is 1.59. The zero-order valence-electron chi connectivity index (χ0n) is 15.4. The van der Waals surface area contributed by atoms with Gasteiger partial charge in [0.15, 0.2) is 0 Å². The van der Waals surface area contributed by atoms with Crippen molar-refractivity contribution in [2.45, 2.75) is 19.9 Å². The van der Waals surface area contributed by atoms with Crippen LogP contribution in [-0.4, -0.2) is 59.5 Å². The Bertz CT molecular complexity index is 775. The Morgan fingerprint density at radius 3 is 2.85 bits per heavy atom. The third kappa shape index (κ3) is 3.51. The van der Waals surface area contributed by atoms with Gasteiger partial charge in [-0.2, -0.15) is 0 Å². The normalized spacial score (nSPS) is 21.2. The molecule has 0 saturated carbocycles. The van der Waals surface area contributed by atoms with E-state index in [0.29, 0.717) is 0 Å². The largest absolute Gasteiger partial charge is 0.378 e. The molecule has 0 aromatic carbocycles. The van der Waals surface area contributed by atoms with Crippen LogP contribution in [0.15, 0.2) is 64.7 Å². The van der Waals surface area contributed by atoms with Gasteiger partial charge < -0.3 is 19.9 Å². The topological polar surface area (TPSA) is 53.0 Å². The third-order valence-electron chi connectivity index (χ3n) is 4.79. The van der Waals surface area contributed by atoms with E-state index in [1.165, 1.54) is 11.1 Å². The number of anilines is 1. The molecule has 0 radical (unpaired) electrons. The number of nitrogens with one attached hydrogen (secondary N) is 1. The van der Waals surface area contributed by atoms with Crippen molar-refractivity contribution in [3.8, 4) is 0 Å². The van der Waals surface area contributed by atoms with E-state index in [4.69, 9.17) is 9.73 Å². The van der Waals surface area contributed by atoms with E-state index in [2.05, 4.69) is 52.3 Å². The van der Waals surface area contributed by atoms with Crippen LogP contribution in [-0.2, 0) is 4.74 Å². The maximum absolute atomic E-state index is 5.47. The molecular formula is C20H25N5O. The van der Waals surface area contributed by atoms with Gasteiger partial charge in [-0.15, -0.1) is 0 Å². The van der Waals surface area contributed by atoms with E-state index < -0.39 is 0 Å². The lowest BCUT2D eigenvalue weighted by Crippen LogP contribution is -2.41. The Hall–Kier alpha value is -2.60. The van der Waals surface area contributed by atoms with E-state index in [0.717, 1.165) is 50.3 Å². The third-order valence-corrected chi connectivity index (χ3v) is 4.79. The monoisotopic (exact) mass is 351 g/mol. The second-order valence-electron chi connectivity index (χ2n) is 6.80. The first-order valence-electron chi connectivity index (χ1n) is 9.17. The number of amidine groups is 1. The molecule has 136 valence electrons. The van der Waals surface area contributed by atoms with Crippen LogP contribution >= 0.6 is 0 Å². The van der Waals surface area contributed by atoms with E-state index in [1.54, 1.807) is 6.20 Å². The van der Waals surface area contributed by atoms with Gasteiger partial charge in [-0.1, -0.05) is 6.07 Å². The minimum atomic E-state index is 0.110. The molecule has 0 bridgehead atoms. The van der Waals surface area contributed by atoms with Crippen LogP contribution < -0.4 is 5.32 Å². The van der Waals surface area contributed by atoms with Crippen LogP contribution in [0.1, 0.15) is 13.8 Å². The molecule has 1 N–H and O–H groups in total. The van der Waals surface area contributed by atoms with Crippen LogP contribution in [0, 0.1) is 0 Å². The zero-order chi connectivity index (χ0) is 17.9. The number of allylic oxidation sites excluding steroid dienone is 2. The number of ether oxygens (including phenoxy) is 1. The minimum absolute atomic E-state index is 0.110. The van der Waals surface area contributed by atoms with Crippen molar-refractivity contribution < 1.29 is 4.74 Å². The van der Waals surface area contributed by atoms with Gasteiger partial charge in [0.1, 0.15) is 17.5 Å². The number of rotatable bonds is 4. The number of aromatic nitrogens is 1. The predicted octanol–water partition coefficient (Wildman–Crippen LogP) is 2.61. The molecule has 3 aliphatic rings. The fraction of sp³-hybridized carbons (Fsp3) is 0.400. The lowest BCUT2D eigenvalue weighted by molar-refractivity contribution is 0.0527. The second-order valence-corrected chi connectivity index (χ2v) is 6.80. The van der Waals surface area contributed by atoms with Crippen molar-refractivity contribution in [3.63, 3.8) is 0 Å². The smallest absolute Gasteiger partial charge is 0.140 e. The molecule has 1 fully saturated rings. The van der Waals surface area contributed by atoms with Gasteiger partial charge in [-0.25, -0.2) is 9.98 Å². The number of fused-ring (bicyclic) bond motifs is 1. The maximum Gasteiger partial charge on any atom is 0.140 e. The Kier molecular flexibility index (Phi) is 4.75. The van der Waals surface area contributed by atoms with Gasteiger partial charge in [-0.3, -0.25) is 0 Å². The van der Waals surface area contributed by atoms with Crippen LogP contribution in [0.3, 0.4) is 0 Å². The molecule has 3 aliphatic heterocycles. The zero-order valence-corrected chi connectivity index (χ0v) is 15.4. The van der Waals surface area contributed by atoms with Crippen LogP contribution in [0.25, 0.3) is 0 Å². The van der Waals surface area contributed by atoms with Gasteiger partial charge in [-0.05, 0) is 43.7 Å². The molecule has 26 heavy (non-hydrogen) atoms. The van der Waals surface area contributed by atoms with E-state index >= 15 is 0 Å². The number of aliphatic imine (C=N–C) groups is 1. The van der Waals surface area contributed by atoms with Gasteiger partial charge in [0.2, 0.25) is 0 Å². The van der Waals surface area contributed by atoms with Crippen molar-refractivity contribution in [2.24, 2.45) is 4.99 Å². The van der Waals surface area contributed by atoms with Crippen molar-refractivity contribution in [1.82, 2.24) is 14.8 Å². The van der Waals surface area contributed by atoms with E-state index in [9.17, 15) is 0 Å². The molecule has 4 rings (SSSR count). The summed E-state index contributed by atoms with van der Waals surface area (Å²) in [6.07, 6.45) is 8.40. The lowest BCUT2D eigenvalue weighted by atomic mass is 10.00. The van der Waals surface area contributed by atoms with Gasteiger partial charge >= 0.3 is 0 Å². The highest BCUT2D eigenvalue weighted by Gasteiger charge is 2.27. The summed E-state index contributed by atoms with van der Waals surface area (Å²) in [6, 6.07) is 6.02. The molecule has 6 nitrogen and oxygen atoms in total. The van der Waals surface area contributed by atoms with Crippen molar-refractivity contribution >= 4 is 11.7 Å². The Labute approximate surface area is 154 Å². The van der Waals surface area contributed by atoms with Gasteiger partial charge in [0, 0.05) is 37.6 Å². The number of morpholine rings is 1. The summed E-state index contributed by atoms with van der Waals surface area (Å²) in [7, 11) is 0. The molecule has 1 unspecified atom stereocenters. The summed E-state index contributed by atoms with van der Waals surface area (Å²) < 4.78 is 5.47. The van der Waals surface area contributed by atoms with Crippen molar-refractivity contribution in [2.75, 3.05) is 38.2 Å². The molecule has 0 aliphatic carbocycles. The first-order chi connectivity index (χ1) is 12.7. The summed E-state index contributed by atoms with van der Waals surface area (Å²) in [5, 5.41) is 3.49. The van der Waals surface area contributed by atoms with Crippen LogP contribution in [0.2, 0.25) is 0 Å². The molecule has 0 amide bonds. The average Bonchev–Trinajstić information content (AvgIpc) is 2.68. The highest BCUT2D eigenvalue weighted by atomic mass is 16.5. The molecule has 0 spiro atoms. The molecular weight excluding hydrogens is 326 g/mol. The summed E-state index contributed by atoms with van der Waals surface area (Å²) in [6.45, 7) is 8.47. The quantitative estimate of drug-likeness (QED) is 0.904. The number of nitrogens with zero attached hydrogens (tertiary/aromatic N) is 4. The highest BCUT2D eigenvalue weighted by Crippen LogP contribution is 2.26. The highest BCUT2D eigenvalue weighted by molar-refractivity contribution is 6.03. The van der Waals surface area contributed by atoms with Gasteiger partial charge in [0.25, 0.3) is 0 Å². The van der Waals surface area contributed by atoms with Crippen molar-refractivity contribution in [3.05, 3.63) is 59.7 Å². The van der Waals surface area contributed by atoms with Crippen LogP contribution in [0.4, 0.5) is 5.82 Å². The summed E-state index contributed by atoms with van der Waals surface area (Å²) in [5.41, 5.74) is 2.42. The molecule has 1 saturated heterocycles. The van der Waals surface area contributed by atoms with Crippen LogP contribution in [0.5, 0.6) is 0 Å². The summed E-state index contributed by atoms with van der Waals surface area (Å²) >= 11 is 0. The fourth-order valence-corrected chi connectivity index (χ4v) is 3.48. The Morgan fingerprint density at radius 1 is 1.23 bits per heavy atom. The number of hydrogen-bond donors (Lipinski definition) is 1. The molecule has 6 heteroatoms. The summed E-state index contributed by atoms with van der Waals surface area (Å²) in [5.74, 6) is 2.96. The van der Waals surface area contributed by atoms with Crippen molar-refractivity contribution in [1.29, 1.82) is 0 Å². The van der Waals surface area contributed by atoms with Gasteiger partial charge in [0.05, 0.1) is 19.3 Å². The maximum atomic E-state index is 5.47. The first kappa shape index (κ1) is 16.8. The predicted molar refractivity (Wildman–Crippen MR) is 104 cm³/mol. The molecule has 4 heterocycles. The number of hydrogen-bond acceptors (Lipinski definition) is 6.